The van der Waals surface area contributed by atoms with Gasteiger partial charge in [-0.1, -0.05) is 0 Å². The SMILES string of the molecule is C[N+](C)(C)CC(O)CS(=O)(=O)CCC(F)(F)C(F)(F)C(F)(F)C(F)(F)C(F)(F)C(F)(F)C(F)(F)C(F)(F)C(F)(F)C(F)(F)C(F)(F)C(F)(F)C(F)(F)C(F)(F)F. The molecule has 0 aliphatic rings. The first-order valence-corrected chi connectivity index (χ1v) is 15.0. The highest BCUT2D eigenvalue weighted by Gasteiger charge is 3.00. The number of alkyl halides is 29. The zero-order chi connectivity index (χ0) is 46.4. The average molecular weight is 928 g/mol. The van der Waals surface area contributed by atoms with E-state index >= 15 is 0 Å². The fourth-order valence-electron chi connectivity index (χ4n) is 3.88. The molecular formula is C22H19F29NO3S+. The summed E-state index contributed by atoms with van der Waals surface area (Å²) in [5.41, 5.74) is 0. The Morgan fingerprint density at radius 3 is 0.839 bits per heavy atom. The average Bonchev–Trinajstić information content (AvgIpc) is 2.92. The molecule has 0 radical (unpaired) electrons. The van der Waals surface area contributed by atoms with E-state index in [2.05, 4.69) is 0 Å². The van der Waals surface area contributed by atoms with Gasteiger partial charge in [0.05, 0.1) is 32.6 Å². The lowest BCUT2D eigenvalue weighted by molar-refractivity contribution is -0.873. The van der Waals surface area contributed by atoms with Gasteiger partial charge in [0.2, 0.25) is 0 Å². The second-order valence-electron chi connectivity index (χ2n) is 12.6. The molecular weight excluding hydrogens is 909 g/mol. The summed E-state index contributed by atoms with van der Waals surface area (Å²) in [6.45, 7) is -0.643. The second kappa shape index (κ2) is 14.0. The van der Waals surface area contributed by atoms with Crippen molar-refractivity contribution >= 4 is 9.84 Å². The molecule has 338 valence electrons. The van der Waals surface area contributed by atoms with Gasteiger partial charge in [-0.25, -0.2) is 8.42 Å². The van der Waals surface area contributed by atoms with Gasteiger partial charge in [-0.15, -0.1) is 0 Å². The highest BCUT2D eigenvalue weighted by atomic mass is 32.2. The minimum atomic E-state index is -10.0. The summed E-state index contributed by atoms with van der Waals surface area (Å²) < 4.78 is 418. The van der Waals surface area contributed by atoms with Crippen LogP contribution in [0.25, 0.3) is 0 Å². The number of aliphatic hydroxyl groups is 1. The minimum Gasteiger partial charge on any atom is -0.386 e. The van der Waals surface area contributed by atoms with Gasteiger partial charge in [0.25, 0.3) is 0 Å². The van der Waals surface area contributed by atoms with Crippen molar-refractivity contribution in [1.29, 1.82) is 0 Å². The third-order valence-corrected chi connectivity index (χ3v) is 8.80. The summed E-state index contributed by atoms with van der Waals surface area (Å²) in [7, 11) is -1.81. The van der Waals surface area contributed by atoms with Crippen LogP contribution in [0.4, 0.5) is 127 Å². The van der Waals surface area contributed by atoms with Gasteiger partial charge in [-0.2, -0.15) is 127 Å². The number of likely N-dealkylation sites (N-methyl/N-ethyl adjacent to an activating group) is 1. The molecule has 0 aliphatic carbocycles. The van der Waals surface area contributed by atoms with E-state index in [1.807, 2.05) is 0 Å². The molecule has 56 heavy (non-hydrogen) atoms. The van der Waals surface area contributed by atoms with Crippen LogP contribution in [0.15, 0.2) is 0 Å². The zero-order valence-corrected chi connectivity index (χ0v) is 27.3. The van der Waals surface area contributed by atoms with Crippen molar-refractivity contribution in [2.75, 3.05) is 39.2 Å². The van der Waals surface area contributed by atoms with Crippen molar-refractivity contribution in [1.82, 2.24) is 0 Å². The Labute approximate surface area is 291 Å². The number of nitrogens with zero attached hydrogens (tertiary/aromatic N) is 1. The molecule has 0 fully saturated rings. The third kappa shape index (κ3) is 7.71. The third-order valence-electron chi connectivity index (χ3n) is 7.08. The van der Waals surface area contributed by atoms with E-state index in [1.165, 1.54) is 21.1 Å². The first-order valence-electron chi connectivity index (χ1n) is 13.2. The molecule has 4 nitrogen and oxygen atoms in total. The molecule has 0 aliphatic heterocycles. The lowest BCUT2D eigenvalue weighted by atomic mass is 9.83. The van der Waals surface area contributed by atoms with Crippen LogP contribution in [0.5, 0.6) is 0 Å². The van der Waals surface area contributed by atoms with Crippen LogP contribution in [0.2, 0.25) is 0 Å². The summed E-state index contributed by atoms with van der Waals surface area (Å²) in [5, 5.41) is 9.62. The molecule has 0 rings (SSSR count). The Morgan fingerprint density at radius 1 is 0.411 bits per heavy atom. The predicted molar refractivity (Wildman–Crippen MR) is 123 cm³/mol. The molecule has 0 heterocycles. The van der Waals surface area contributed by atoms with Crippen LogP contribution in [-0.2, 0) is 9.84 Å². The van der Waals surface area contributed by atoms with Crippen molar-refractivity contribution in [2.45, 2.75) is 95.7 Å². The van der Waals surface area contributed by atoms with Gasteiger partial charge in [-0.05, 0) is 0 Å². The smallest absolute Gasteiger partial charge is 0.386 e. The second-order valence-corrected chi connectivity index (χ2v) is 14.8. The van der Waals surface area contributed by atoms with Gasteiger partial charge in [-0.3, -0.25) is 0 Å². The summed E-state index contributed by atoms with van der Waals surface area (Å²) in [6, 6.07) is 0. The van der Waals surface area contributed by atoms with Crippen molar-refractivity contribution in [3.8, 4) is 0 Å². The molecule has 1 N–H and O–H groups in total. The summed E-state index contributed by atoms with van der Waals surface area (Å²) >= 11 is 0. The molecule has 0 bridgehead atoms. The van der Waals surface area contributed by atoms with Gasteiger partial charge >= 0.3 is 83.2 Å². The lowest BCUT2D eigenvalue weighted by Gasteiger charge is -2.46. The van der Waals surface area contributed by atoms with E-state index < -0.39 is 124 Å². The number of rotatable bonds is 19. The van der Waals surface area contributed by atoms with Crippen LogP contribution in [0.3, 0.4) is 0 Å². The van der Waals surface area contributed by atoms with Gasteiger partial charge in [0.1, 0.15) is 12.6 Å². The maximum Gasteiger partial charge on any atom is 0.460 e. The molecule has 0 spiro atoms. The Balaban J connectivity index is 7.28. The van der Waals surface area contributed by atoms with Crippen molar-refractivity contribution in [3.05, 3.63) is 0 Å². The maximum atomic E-state index is 14.1. The maximum absolute atomic E-state index is 14.1. The molecule has 0 amide bonds. The number of aliphatic hydroxyl groups excluding tert-OH is 1. The highest BCUT2D eigenvalue weighted by molar-refractivity contribution is 7.91. The minimum absolute atomic E-state index is 0.362. The monoisotopic (exact) mass is 928 g/mol. The van der Waals surface area contributed by atoms with E-state index in [-0.39, 0.29) is 4.48 Å². The van der Waals surface area contributed by atoms with Crippen molar-refractivity contribution < 1.29 is 145 Å². The van der Waals surface area contributed by atoms with E-state index in [0.717, 1.165) is 0 Å². The number of sulfone groups is 1. The van der Waals surface area contributed by atoms with Gasteiger partial charge in [0, 0.05) is 6.42 Å². The number of hydrogen-bond donors (Lipinski definition) is 1. The molecule has 0 saturated carbocycles. The van der Waals surface area contributed by atoms with Gasteiger partial charge in [0.15, 0.2) is 9.84 Å². The summed E-state index contributed by atoms with van der Waals surface area (Å²) in [4.78, 5) is 0. The molecule has 0 aromatic carbocycles. The Morgan fingerprint density at radius 2 is 0.625 bits per heavy atom. The normalized spacial score (nSPS) is 17.4. The van der Waals surface area contributed by atoms with Crippen molar-refractivity contribution in [2.24, 2.45) is 0 Å². The van der Waals surface area contributed by atoms with Gasteiger partial charge < -0.3 is 9.59 Å². The molecule has 1 unspecified atom stereocenters. The van der Waals surface area contributed by atoms with E-state index in [1.54, 1.807) is 0 Å². The Kier molecular flexibility index (Phi) is 13.4. The van der Waals surface area contributed by atoms with E-state index in [0.29, 0.717) is 0 Å². The van der Waals surface area contributed by atoms with Crippen LogP contribution < -0.4 is 0 Å². The lowest BCUT2D eigenvalue weighted by Crippen LogP contribution is -2.79. The van der Waals surface area contributed by atoms with Crippen LogP contribution in [0, 0.1) is 0 Å². The Hall–Kier alpha value is -2.16. The number of quaternary nitrogens is 1. The molecule has 0 aromatic heterocycles. The van der Waals surface area contributed by atoms with Crippen molar-refractivity contribution in [3.63, 3.8) is 0 Å². The number of hydrogen-bond acceptors (Lipinski definition) is 3. The Bertz CT molecular complexity index is 1510. The fraction of sp³-hybridized carbons (Fsp3) is 1.00. The number of halogens is 29. The standard InChI is InChI=1S/C22H19F29NO3S/c1-52(2,3)6-8(53)7-56(54,55)5-4-9(23,24)10(25,26)11(27,28)12(29,30)13(31,32)14(33,34)15(35,36)16(37,38)17(39,40)18(41,42)19(43,44)20(45,46)21(47,48)22(49,50)51/h8,53H,4-7H2,1-3H3/q+1. The largest absolute Gasteiger partial charge is 0.460 e. The van der Waals surface area contributed by atoms with Crippen LogP contribution in [0.1, 0.15) is 6.42 Å². The first-order chi connectivity index (χ1) is 23.6. The highest BCUT2D eigenvalue weighted by Crippen LogP contribution is 2.69. The molecule has 34 heteroatoms. The summed E-state index contributed by atoms with van der Waals surface area (Å²) in [5.74, 6) is -126. The van der Waals surface area contributed by atoms with Crippen LogP contribution >= 0.6 is 0 Å². The molecule has 1 atom stereocenters. The first kappa shape index (κ1) is 53.8. The quantitative estimate of drug-likeness (QED) is 0.104. The molecule has 0 aromatic rings. The molecule has 0 saturated heterocycles. The van der Waals surface area contributed by atoms with E-state index in [9.17, 15) is 141 Å². The predicted octanol–water partition coefficient (Wildman–Crippen LogP) is 8.68. The zero-order valence-electron chi connectivity index (χ0n) is 26.5. The van der Waals surface area contributed by atoms with E-state index in [4.69, 9.17) is 0 Å². The topological polar surface area (TPSA) is 54.4 Å². The fourth-order valence-corrected chi connectivity index (χ4v) is 5.31. The summed E-state index contributed by atoms with van der Waals surface area (Å²) in [6.07, 6.45) is -14.0. The van der Waals surface area contributed by atoms with Crippen LogP contribution in [-0.4, -0.2) is 146 Å².